The second kappa shape index (κ2) is 6.63. The van der Waals surface area contributed by atoms with Gasteiger partial charge in [-0.3, -0.25) is 4.79 Å². The van der Waals surface area contributed by atoms with Crippen molar-refractivity contribution < 1.29 is 13.9 Å². The second-order valence-corrected chi connectivity index (χ2v) is 6.27. The minimum absolute atomic E-state index is 0.198. The maximum absolute atomic E-state index is 14.4. The highest BCUT2D eigenvalue weighted by atomic mass is 19.1. The van der Waals surface area contributed by atoms with Gasteiger partial charge in [0, 0.05) is 25.4 Å². The molecule has 3 aromatic rings. The summed E-state index contributed by atoms with van der Waals surface area (Å²) >= 11 is 0. The van der Waals surface area contributed by atoms with Gasteiger partial charge in [0.05, 0.1) is 5.69 Å². The minimum Gasteiger partial charge on any atom is -0.480 e. The summed E-state index contributed by atoms with van der Waals surface area (Å²) in [5.74, 6) is 0.903. The number of amides is 1. The van der Waals surface area contributed by atoms with Crippen LogP contribution in [0.4, 0.5) is 4.39 Å². The standard InChI is InChI=1S/C20H18FN3O2/c1-13-22-8-9-24(13)17-7-6-14(10-16(17)21)12-23-20(25)19-11-15-4-2-3-5-18(15)26-19/h2-10,19H,11-12H2,1H3,(H,23,25). The van der Waals surface area contributed by atoms with Crippen molar-refractivity contribution in [2.24, 2.45) is 0 Å². The summed E-state index contributed by atoms with van der Waals surface area (Å²) in [5, 5.41) is 2.82. The van der Waals surface area contributed by atoms with Gasteiger partial charge in [-0.2, -0.15) is 0 Å². The molecule has 0 bridgehead atoms. The van der Waals surface area contributed by atoms with Crippen molar-refractivity contribution in [1.82, 2.24) is 14.9 Å². The normalized spacial score (nSPS) is 15.4. The van der Waals surface area contributed by atoms with Gasteiger partial charge in [-0.05, 0) is 36.2 Å². The molecule has 0 fully saturated rings. The number of halogens is 1. The van der Waals surface area contributed by atoms with Crippen LogP contribution in [-0.4, -0.2) is 21.6 Å². The molecule has 1 aliphatic heterocycles. The number of nitrogens with zero attached hydrogens (tertiary/aromatic N) is 2. The number of fused-ring (bicyclic) bond motifs is 1. The van der Waals surface area contributed by atoms with E-state index in [1.54, 1.807) is 29.1 Å². The lowest BCUT2D eigenvalue weighted by Gasteiger charge is -2.12. The Kier molecular flexibility index (Phi) is 4.16. The lowest BCUT2D eigenvalue weighted by molar-refractivity contribution is -0.127. The number of aromatic nitrogens is 2. The quantitative estimate of drug-likeness (QED) is 0.786. The molecule has 0 saturated heterocycles. The third-order valence-electron chi connectivity index (χ3n) is 4.50. The Bertz CT molecular complexity index is 942. The van der Waals surface area contributed by atoms with E-state index in [0.717, 1.165) is 11.3 Å². The summed E-state index contributed by atoms with van der Waals surface area (Å²) < 4.78 is 21.8. The molecule has 1 aromatic heterocycles. The second-order valence-electron chi connectivity index (χ2n) is 6.27. The molecule has 0 spiro atoms. The van der Waals surface area contributed by atoms with Gasteiger partial charge in [-0.15, -0.1) is 0 Å². The van der Waals surface area contributed by atoms with Crippen molar-refractivity contribution >= 4 is 5.91 Å². The Morgan fingerprint density at radius 3 is 2.92 bits per heavy atom. The Morgan fingerprint density at radius 2 is 2.19 bits per heavy atom. The first-order valence-corrected chi connectivity index (χ1v) is 8.43. The van der Waals surface area contributed by atoms with E-state index < -0.39 is 6.10 Å². The molecule has 0 saturated carbocycles. The Morgan fingerprint density at radius 1 is 1.35 bits per heavy atom. The zero-order chi connectivity index (χ0) is 18.1. The largest absolute Gasteiger partial charge is 0.480 e. The highest BCUT2D eigenvalue weighted by molar-refractivity contribution is 5.82. The summed E-state index contributed by atoms with van der Waals surface area (Å²) in [6.07, 6.45) is 3.35. The molecule has 1 aliphatic rings. The van der Waals surface area contributed by atoms with Crippen LogP contribution >= 0.6 is 0 Å². The number of ether oxygens (including phenoxy) is 1. The van der Waals surface area contributed by atoms with E-state index in [1.807, 2.05) is 31.2 Å². The number of para-hydroxylation sites is 1. The third-order valence-corrected chi connectivity index (χ3v) is 4.50. The van der Waals surface area contributed by atoms with Crippen LogP contribution in [0.1, 0.15) is 17.0 Å². The summed E-state index contributed by atoms with van der Waals surface area (Å²) in [7, 11) is 0. The van der Waals surface area contributed by atoms with Crippen LogP contribution in [0.2, 0.25) is 0 Å². The van der Waals surface area contributed by atoms with E-state index in [9.17, 15) is 9.18 Å². The van der Waals surface area contributed by atoms with Crippen LogP contribution in [0.25, 0.3) is 5.69 Å². The fraction of sp³-hybridized carbons (Fsp3) is 0.200. The average Bonchev–Trinajstić information content (AvgIpc) is 3.26. The van der Waals surface area contributed by atoms with Crippen molar-refractivity contribution in [3.05, 3.63) is 77.6 Å². The minimum atomic E-state index is -0.537. The third kappa shape index (κ3) is 3.06. The molecule has 1 atom stereocenters. The molecule has 5 nitrogen and oxygen atoms in total. The molecule has 132 valence electrons. The van der Waals surface area contributed by atoms with E-state index in [-0.39, 0.29) is 18.3 Å². The van der Waals surface area contributed by atoms with E-state index in [2.05, 4.69) is 10.3 Å². The van der Waals surface area contributed by atoms with E-state index in [4.69, 9.17) is 4.74 Å². The molecule has 0 aliphatic carbocycles. The first kappa shape index (κ1) is 16.3. The van der Waals surface area contributed by atoms with Gasteiger partial charge in [-0.1, -0.05) is 24.3 Å². The number of rotatable bonds is 4. The Balaban J connectivity index is 1.40. The average molecular weight is 351 g/mol. The van der Waals surface area contributed by atoms with Gasteiger partial charge in [-0.25, -0.2) is 9.37 Å². The van der Waals surface area contributed by atoms with Gasteiger partial charge in [0.25, 0.3) is 5.91 Å². The lowest BCUT2D eigenvalue weighted by atomic mass is 10.1. The van der Waals surface area contributed by atoms with E-state index >= 15 is 0 Å². The smallest absolute Gasteiger partial charge is 0.261 e. The van der Waals surface area contributed by atoms with Crippen LogP contribution < -0.4 is 10.1 Å². The molecule has 1 N–H and O–H groups in total. The fourth-order valence-electron chi connectivity index (χ4n) is 3.12. The van der Waals surface area contributed by atoms with Gasteiger partial charge >= 0.3 is 0 Å². The molecule has 6 heteroatoms. The first-order valence-electron chi connectivity index (χ1n) is 8.43. The number of benzene rings is 2. The molecule has 1 amide bonds. The maximum atomic E-state index is 14.4. The van der Waals surface area contributed by atoms with Crippen molar-refractivity contribution in [3.63, 3.8) is 0 Å². The molecular formula is C20H18FN3O2. The number of carbonyl (C=O) groups excluding carboxylic acids is 1. The van der Waals surface area contributed by atoms with Crippen molar-refractivity contribution in [1.29, 1.82) is 0 Å². The van der Waals surface area contributed by atoms with Crippen molar-refractivity contribution in [2.45, 2.75) is 26.0 Å². The topological polar surface area (TPSA) is 56.2 Å². The van der Waals surface area contributed by atoms with Gasteiger partial charge < -0.3 is 14.6 Å². The molecule has 2 heterocycles. The van der Waals surface area contributed by atoms with Crippen LogP contribution in [0, 0.1) is 12.7 Å². The molecule has 0 radical (unpaired) electrons. The highest BCUT2D eigenvalue weighted by Crippen LogP contribution is 2.28. The number of nitrogens with one attached hydrogen (secondary N) is 1. The van der Waals surface area contributed by atoms with Crippen LogP contribution in [-0.2, 0) is 17.8 Å². The zero-order valence-electron chi connectivity index (χ0n) is 14.3. The summed E-state index contributed by atoms with van der Waals surface area (Å²) in [6.45, 7) is 2.06. The summed E-state index contributed by atoms with van der Waals surface area (Å²) in [4.78, 5) is 16.4. The number of aryl methyl sites for hydroxylation is 1. The molecule has 26 heavy (non-hydrogen) atoms. The van der Waals surface area contributed by atoms with Crippen molar-refractivity contribution in [3.8, 4) is 11.4 Å². The van der Waals surface area contributed by atoms with Gasteiger partial charge in [0.1, 0.15) is 17.4 Å². The van der Waals surface area contributed by atoms with Crippen LogP contribution in [0.3, 0.4) is 0 Å². The predicted molar refractivity (Wildman–Crippen MR) is 94.7 cm³/mol. The summed E-state index contributed by atoms with van der Waals surface area (Å²) in [5.41, 5.74) is 2.15. The molecule has 4 rings (SSSR count). The lowest BCUT2D eigenvalue weighted by Crippen LogP contribution is -2.37. The first-order chi connectivity index (χ1) is 12.6. The zero-order valence-corrected chi connectivity index (χ0v) is 14.3. The van der Waals surface area contributed by atoms with Gasteiger partial charge in [0.15, 0.2) is 6.10 Å². The highest BCUT2D eigenvalue weighted by Gasteiger charge is 2.28. The molecule has 2 aromatic carbocycles. The number of imidazole rings is 1. The van der Waals surface area contributed by atoms with Gasteiger partial charge in [0.2, 0.25) is 0 Å². The maximum Gasteiger partial charge on any atom is 0.261 e. The number of hydrogen-bond acceptors (Lipinski definition) is 3. The molecule has 1 unspecified atom stereocenters. The SMILES string of the molecule is Cc1nccn1-c1ccc(CNC(=O)C2Cc3ccccc3O2)cc1F. The number of carbonyl (C=O) groups is 1. The van der Waals surface area contributed by atoms with E-state index in [1.165, 1.54) is 6.07 Å². The van der Waals surface area contributed by atoms with E-state index in [0.29, 0.717) is 23.5 Å². The van der Waals surface area contributed by atoms with Crippen LogP contribution in [0.15, 0.2) is 54.9 Å². The number of hydrogen-bond donors (Lipinski definition) is 1. The molecular weight excluding hydrogens is 333 g/mol. The Labute approximate surface area is 150 Å². The monoisotopic (exact) mass is 351 g/mol. The van der Waals surface area contributed by atoms with Crippen LogP contribution in [0.5, 0.6) is 5.75 Å². The fourth-order valence-corrected chi connectivity index (χ4v) is 3.12. The van der Waals surface area contributed by atoms with Crippen molar-refractivity contribution in [2.75, 3.05) is 0 Å². The Hall–Kier alpha value is -3.15. The predicted octanol–water partition coefficient (Wildman–Crippen LogP) is 2.94. The summed E-state index contributed by atoms with van der Waals surface area (Å²) in [6, 6.07) is 12.5.